The third-order valence-electron chi connectivity index (χ3n) is 3.16. The summed E-state index contributed by atoms with van der Waals surface area (Å²) in [4.78, 5) is 3.91. The van der Waals surface area contributed by atoms with Gasteiger partial charge in [-0.15, -0.1) is 0 Å². The number of nitrogens with two attached hydrogens (primary N) is 1. The molecule has 1 aromatic heterocycles. The molecule has 118 valence electrons. The summed E-state index contributed by atoms with van der Waals surface area (Å²) >= 11 is 5.78. The van der Waals surface area contributed by atoms with Crippen molar-refractivity contribution in [3.63, 3.8) is 0 Å². The van der Waals surface area contributed by atoms with Crippen LogP contribution in [0.2, 0.25) is 5.02 Å². The molecule has 2 rings (SSSR count). The van der Waals surface area contributed by atoms with Crippen LogP contribution in [0.5, 0.6) is 5.75 Å². The molecule has 0 bridgehead atoms. The maximum atomic E-state index is 14.5. The molecule has 0 saturated heterocycles. The fourth-order valence-electron chi connectivity index (χ4n) is 2.04. The van der Waals surface area contributed by atoms with E-state index in [1.54, 1.807) is 6.66 Å². The number of pyridine rings is 1. The van der Waals surface area contributed by atoms with E-state index in [0.29, 0.717) is 0 Å². The van der Waals surface area contributed by atoms with E-state index in [4.69, 9.17) is 17.3 Å². The summed E-state index contributed by atoms with van der Waals surface area (Å²) in [5, 5.41) is 9.61. The van der Waals surface area contributed by atoms with Gasteiger partial charge < -0.3 is 10.8 Å². The Bertz CT molecular complexity index is 741. The van der Waals surface area contributed by atoms with Gasteiger partial charge in [0.15, 0.2) is 11.6 Å². The second-order valence-corrected chi connectivity index (χ2v) is 5.95. The van der Waals surface area contributed by atoms with E-state index in [9.17, 15) is 18.3 Å². The van der Waals surface area contributed by atoms with Crippen molar-refractivity contribution in [2.45, 2.75) is 13.1 Å². The summed E-state index contributed by atoms with van der Waals surface area (Å²) < 4.78 is 42.3. The molecule has 0 spiro atoms. The monoisotopic (exact) mass is 348 g/mol. The van der Waals surface area contributed by atoms with Gasteiger partial charge in [-0.2, -0.15) is 0 Å². The molecule has 8 heteroatoms. The Balaban J connectivity index is 2.78. The molecule has 2 unspecified atom stereocenters. The van der Waals surface area contributed by atoms with Crippen LogP contribution in [0.15, 0.2) is 12.1 Å². The zero-order valence-electron chi connectivity index (χ0n) is 11.7. The standard InChI is InChI=1S/C14H13ClF3N2OP/c1-5(16)8-7(15)4-3-6(9(8)17)12-10(18)11(19)13(21)14(20-12)22-2/h3-5,21-22H,1-2H3,(H2,19,20). The molecular formula is C14H13ClF3N2OP. The fraction of sp³-hybridized carbons (Fsp3) is 0.214. The van der Waals surface area contributed by atoms with Gasteiger partial charge in [0.05, 0.1) is 0 Å². The third kappa shape index (κ3) is 2.73. The van der Waals surface area contributed by atoms with Gasteiger partial charge in [-0.3, -0.25) is 0 Å². The first-order chi connectivity index (χ1) is 10.3. The summed E-state index contributed by atoms with van der Waals surface area (Å²) in [5.41, 5.74) is 4.12. The lowest BCUT2D eigenvalue weighted by atomic mass is 10.0. The highest BCUT2D eigenvalue weighted by molar-refractivity contribution is 7.46. The zero-order valence-corrected chi connectivity index (χ0v) is 13.5. The SMILES string of the molecule is CPc1nc(-c2ccc(Cl)c(C(C)F)c2F)c(F)c(N)c1O. The maximum Gasteiger partial charge on any atom is 0.176 e. The number of nitrogens with zero attached hydrogens (tertiary/aromatic N) is 1. The first-order valence-corrected chi connectivity index (χ1v) is 8.15. The van der Waals surface area contributed by atoms with Crippen LogP contribution in [0.4, 0.5) is 18.9 Å². The number of hydrogen-bond acceptors (Lipinski definition) is 3. The van der Waals surface area contributed by atoms with Crippen LogP contribution in [0.1, 0.15) is 18.7 Å². The van der Waals surface area contributed by atoms with E-state index in [-0.39, 0.29) is 35.9 Å². The number of nitrogen functional groups attached to an aromatic ring is 1. The van der Waals surface area contributed by atoms with Crippen molar-refractivity contribution < 1.29 is 18.3 Å². The van der Waals surface area contributed by atoms with Crippen molar-refractivity contribution in [3.8, 4) is 17.0 Å². The summed E-state index contributed by atoms with van der Waals surface area (Å²) in [6.07, 6.45) is -1.67. The summed E-state index contributed by atoms with van der Waals surface area (Å²) in [7, 11) is 0.0196. The van der Waals surface area contributed by atoms with E-state index < -0.39 is 29.2 Å². The topological polar surface area (TPSA) is 59.1 Å². The van der Waals surface area contributed by atoms with Gasteiger partial charge in [0.1, 0.15) is 28.8 Å². The van der Waals surface area contributed by atoms with Crippen LogP contribution in [-0.2, 0) is 0 Å². The molecule has 0 fully saturated rings. The van der Waals surface area contributed by atoms with E-state index in [0.717, 1.165) is 6.92 Å². The first kappa shape index (κ1) is 16.8. The minimum atomic E-state index is -1.67. The number of alkyl halides is 1. The average molecular weight is 349 g/mol. The molecule has 3 N–H and O–H groups in total. The summed E-state index contributed by atoms with van der Waals surface area (Å²) in [6.45, 7) is 2.83. The molecule has 1 aromatic carbocycles. The Labute approximate surface area is 132 Å². The molecule has 0 aliphatic rings. The Morgan fingerprint density at radius 3 is 2.50 bits per heavy atom. The molecule has 0 aliphatic heterocycles. The van der Waals surface area contributed by atoms with Crippen molar-refractivity contribution >= 4 is 31.3 Å². The molecule has 2 aromatic rings. The van der Waals surface area contributed by atoms with Gasteiger partial charge in [0, 0.05) is 16.1 Å². The maximum absolute atomic E-state index is 14.5. The van der Waals surface area contributed by atoms with Crippen LogP contribution in [0.25, 0.3) is 11.3 Å². The van der Waals surface area contributed by atoms with Gasteiger partial charge in [0.2, 0.25) is 0 Å². The van der Waals surface area contributed by atoms with Crippen LogP contribution < -0.4 is 11.2 Å². The number of benzene rings is 1. The summed E-state index contributed by atoms with van der Waals surface area (Å²) in [5.74, 6) is -2.52. The Morgan fingerprint density at radius 1 is 1.32 bits per heavy atom. The number of rotatable bonds is 3. The lowest BCUT2D eigenvalue weighted by Crippen LogP contribution is -2.11. The molecule has 0 radical (unpaired) electrons. The van der Waals surface area contributed by atoms with Crippen molar-refractivity contribution in [3.05, 3.63) is 34.4 Å². The smallest absolute Gasteiger partial charge is 0.176 e. The summed E-state index contributed by atoms with van der Waals surface area (Å²) in [6, 6.07) is 2.47. The van der Waals surface area contributed by atoms with Crippen LogP contribution in [-0.4, -0.2) is 16.8 Å². The third-order valence-corrected chi connectivity index (χ3v) is 4.32. The second-order valence-electron chi connectivity index (χ2n) is 4.57. The molecule has 0 aliphatic carbocycles. The first-order valence-electron chi connectivity index (χ1n) is 6.27. The largest absolute Gasteiger partial charge is 0.504 e. The van der Waals surface area contributed by atoms with E-state index >= 15 is 0 Å². The fourth-order valence-corrected chi connectivity index (χ4v) is 2.93. The normalized spacial score (nSPS) is 13.0. The minimum absolute atomic E-state index is 0.0196. The lowest BCUT2D eigenvalue weighted by molar-refractivity contribution is 0.362. The van der Waals surface area contributed by atoms with Crippen LogP contribution >= 0.6 is 20.2 Å². The number of aromatic hydroxyl groups is 1. The average Bonchev–Trinajstić information content (AvgIpc) is 2.46. The highest BCUT2D eigenvalue weighted by Crippen LogP contribution is 2.37. The van der Waals surface area contributed by atoms with Crippen molar-refractivity contribution in [1.29, 1.82) is 0 Å². The second kappa shape index (κ2) is 6.31. The quantitative estimate of drug-likeness (QED) is 0.826. The molecule has 0 saturated carbocycles. The molecule has 1 heterocycles. The number of halogens is 4. The lowest BCUT2D eigenvalue weighted by Gasteiger charge is -2.14. The van der Waals surface area contributed by atoms with E-state index in [1.165, 1.54) is 12.1 Å². The Morgan fingerprint density at radius 2 is 1.95 bits per heavy atom. The van der Waals surface area contributed by atoms with Crippen molar-refractivity contribution in [2.24, 2.45) is 0 Å². The highest BCUT2D eigenvalue weighted by Gasteiger charge is 2.24. The van der Waals surface area contributed by atoms with Crippen molar-refractivity contribution in [2.75, 3.05) is 12.4 Å². The molecule has 0 amide bonds. The number of anilines is 1. The highest BCUT2D eigenvalue weighted by atomic mass is 35.5. The number of aromatic nitrogens is 1. The van der Waals surface area contributed by atoms with Gasteiger partial charge in [-0.25, -0.2) is 18.2 Å². The van der Waals surface area contributed by atoms with Crippen LogP contribution in [0, 0.1) is 11.6 Å². The van der Waals surface area contributed by atoms with Crippen LogP contribution in [0.3, 0.4) is 0 Å². The zero-order chi connectivity index (χ0) is 16.6. The predicted octanol–water partition coefficient (Wildman–Crippen LogP) is 3.93. The van der Waals surface area contributed by atoms with Gasteiger partial charge in [0.25, 0.3) is 0 Å². The van der Waals surface area contributed by atoms with Crippen molar-refractivity contribution in [1.82, 2.24) is 4.98 Å². The molecular weight excluding hydrogens is 336 g/mol. The molecule has 2 atom stereocenters. The molecule has 3 nitrogen and oxygen atoms in total. The van der Waals surface area contributed by atoms with Gasteiger partial charge in [-0.05, 0) is 25.7 Å². The van der Waals surface area contributed by atoms with Gasteiger partial charge >= 0.3 is 0 Å². The minimum Gasteiger partial charge on any atom is -0.504 e. The van der Waals surface area contributed by atoms with E-state index in [2.05, 4.69) is 4.98 Å². The number of hydrogen-bond donors (Lipinski definition) is 2. The van der Waals surface area contributed by atoms with E-state index in [1.807, 2.05) is 0 Å². The Hall–Kier alpha value is -1.52. The predicted molar refractivity (Wildman–Crippen MR) is 84.1 cm³/mol. The molecule has 22 heavy (non-hydrogen) atoms. The Kier molecular flexibility index (Phi) is 4.83. The van der Waals surface area contributed by atoms with Gasteiger partial charge in [-0.1, -0.05) is 20.2 Å².